The van der Waals surface area contributed by atoms with Gasteiger partial charge in [0, 0.05) is 31.7 Å². The lowest BCUT2D eigenvalue weighted by Gasteiger charge is -2.27. The van der Waals surface area contributed by atoms with Crippen molar-refractivity contribution in [2.75, 3.05) is 32.8 Å². The van der Waals surface area contributed by atoms with Gasteiger partial charge in [-0.05, 0) is 44.4 Å². The molecule has 24 heavy (non-hydrogen) atoms. The zero-order valence-corrected chi connectivity index (χ0v) is 15.2. The molecule has 0 aliphatic carbocycles. The van der Waals surface area contributed by atoms with Crippen molar-refractivity contribution in [3.8, 4) is 0 Å². The van der Waals surface area contributed by atoms with Gasteiger partial charge in [-0.1, -0.05) is 12.5 Å². The Labute approximate surface area is 144 Å². The van der Waals surface area contributed by atoms with Crippen LogP contribution in [0.2, 0.25) is 0 Å². The van der Waals surface area contributed by atoms with Gasteiger partial charge in [-0.3, -0.25) is 4.79 Å². The molecule has 134 valence electrons. The first-order chi connectivity index (χ1) is 11.4. The lowest BCUT2D eigenvalue weighted by Crippen LogP contribution is -2.36. The van der Waals surface area contributed by atoms with Crippen molar-refractivity contribution in [3.05, 3.63) is 29.3 Å². The highest BCUT2D eigenvalue weighted by Crippen LogP contribution is 2.24. The van der Waals surface area contributed by atoms with Crippen molar-refractivity contribution in [1.29, 1.82) is 0 Å². The van der Waals surface area contributed by atoms with E-state index in [9.17, 15) is 13.2 Å². The van der Waals surface area contributed by atoms with Crippen LogP contribution in [0.1, 0.15) is 42.1 Å². The lowest BCUT2D eigenvalue weighted by atomic mass is 10.1. The average molecular weight is 354 g/mol. The second-order valence-electron chi connectivity index (χ2n) is 6.05. The molecule has 1 saturated heterocycles. The van der Waals surface area contributed by atoms with Crippen LogP contribution in [-0.4, -0.2) is 61.4 Å². The number of aliphatic hydroxyl groups is 1. The Morgan fingerprint density at radius 1 is 1.25 bits per heavy atom. The van der Waals surface area contributed by atoms with Gasteiger partial charge in [-0.15, -0.1) is 0 Å². The summed E-state index contributed by atoms with van der Waals surface area (Å²) < 4.78 is 27.3. The molecule has 1 aromatic carbocycles. The quantitative estimate of drug-likeness (QED) is 0.842. The highest BCUT2D eigenvalue weighted by Gasteiger charge is 2.28. The minimum Gasteiger partial charge on any atom is -0.395 e. The van der Waals surface area contributed by atoms with E-state index in [0.29, 0.717) is 30.8 Å². The molecular formula is C17H26N2O4S. The number of rotatable bonds is 6. The Balaban J connectivity index is 2.36. The molecule has 1 aliphatic heterocycles. The van der Waals surface area contributed by atoms with Crippen molar-refractivity contribution < 1.29 is 18.3 Å². The molecule has 1 aromatic rings. The summed E-state index contributed by atoms with van der Waals surface area (Å²) in [5.74, 6) is -0.262. The molecule has 6 nitrogen and oxygen atoms in total. The number of hydrogen-bond acceptors (Lipinski definition) is 4. The third-order valence-corrected chi connectivity index (χ3v) is 6.45. The third kappa shape index (κ3) is 3.96. The molecule has 1 aliphatic rings. The van der Waals surface area contributed by atoms with E-state index < -0.39 is 10.0 Å². The fourth-order valence-electron chi connectivity index (χ4n) is 2.96. The molecule has 0 bridgehead atoms. The first kappa shape index (κ1) is 18.9. The van der Waals surface area contributed by atoms with Gasteiger partial charge in [0.1, 0.15) is 0 Å². The van der Waals surface area contributed by atoms with Crippen LogP contribution >= 0.6 is 0 Å². The monoisotopic (exact) mass is 354 g/mol. The number of nitrogens with zero attached hydrogens (tertiary/aromatic N) is 2. The minimum absolute atomic E-state index is 0.121. The summed E-state index contributed by atoms with van der Waals surface area (Å²) in [6, 6.07) is 4.80. The number of likely N-dealkylation sites (N-methyl/N-ethyl adjacent to an activating group) is 1. The summed E-state index contributed by atoms with van der Waals surface area (Å²) in [5, 5.41) is 9.07. The molecule has 1 amide bonds. The fraction of sp³-hybridized carbons (Fsp3) is 0.588. The predicted molar refractivity (Wildman–Crippen MR) is 92.5 cm³/mol. The van der Waals surface area contributed by atoms with E-state index in [1.807, 2.05) is 6.92 Å². The Morgan fingerprint density at radius 3 is 2.50 bits per heavy atom. The summed E-state index contributed by atoms with van der Waals surface area (Å²) in [4.78, 5) is 14.2. The summed E-state index contributed by atoms with van der Waals surface area (Å²) in [7, 11) is -3.58. The molecule has 0 saturated carbocycles. The molecular weight excluding hydrogens is 328 g/mol. The van der Waals surface area contributed by atoms with Crippen molar-refractivity contribution in [1.82, 2.24) is 9.21 Å². The lowest BCUT2D eigenvalue weighted by molar-refractivity contribution is 0.0731. The molecule has 1 N–H and O–H groups in total. The zero-order valence-electron chi connectivity index (χ0n) is 14.4. The molecule has 0 aromatic heterocycles. The predicted octanol–water partition coefficient (Wildman–Crippen LogP) is 1.62. The summed E-state index contributed by atoms with van der Waals surface area (Å²) in [6.07, 6.45) is 2.80. The van der Waals surface area contributed by atoms with Crippen LogP contribution in [-0.2, 0) is 10.0 Å². The fourth-order valence-corrected chi connectivity index (χ4v) is 4.73. The number of aryl methyl sites for hydroxylation is 1. The number of amides is 1. The highest BCUT2D eigenvalue weighted by atomic mass is 32.2. The van der Waals surface area contributed by atoms with Crippen LogP contribution in [0.4, 0.5) is 0 Å². The maximum atomic E-state index is 12.9. The molecule has 0 atom stereocenters. The normalized spacial score (nSPS) is 16.1. The molecule has 2 rings (SSSR count). The SMILES string of the molecule is CCN(CCO)C(=O)c1ccc(C)c(S(=O)(=O)N2CCCCC2)c1. The number of sulfonamides is 1. The van der Waals surface area contributed by atoms with Crippen LogP contribution in [0, 0.1) is 6.92 Å². The summed E-state index contributed by atoms with van der Waals surface area (Å²) in [5.41, 5.74) is 0.980. The Bertz CT molecular complexity index is 682. The molecule has 1 fully saturated rings. The van der Waals surface area contributed by atoms with Crippen LogP contribution in [0.15, 0.2) is 23.1 Å². The van der Waals surface area contributed by atoms with Crippen LogP contribution < -0.4 is 0 Å². The van der Waals surface area contributed by atoms with Gasteiger partial charge in [-0.2, -0.15) is 4.31 Å². The number of carbonyl (C=O) groups is 1. The van der Waals surface area contributed by atoms with E-state index in [-0.39, 0.29) is 24.0 Å². The van der Waals surface area contributed by atoms with E-state index in [1.54, 1.807) is 19.1 Å². The smallest absolute Gasteiger partial charge is 0.253 e. The van der Waals surface area contributed by atoms with Crippen molar-refractivity contribution in [2.45, 2.75) is 38.0 Å². The summed E-state index contributed by atoms with van der Waals surface area (Å²) >= 11 is 0. The van der Waals surface area contributed by atoms with Crippen LogP contribution in [0.3, 0.4) is 0 Å². The Hall–Kier alpha value is -1.44. The van der Waals surface area contributed by atoms with Gasteiger partial charge in [0.25, 0.3) is 5.91 Å². The first-order valence-electron chi connectivity index (χ1n) is 8.42. The largest absolute Gasteiger partial charge is 0.395 e. The maximum absolute atomic E-state index is 12.9. The van der Waals surface area contributed by atoms with Gasteiger partial charge in [-0.25, -0.2) is 8.42 Å². The van der Waals surface area contributed by atoms with Gasteiger partial charge in [0.2, 0.25) is 10.0 Å². The van der Waals surface area contributed by atoms with E-state index in [1.165, 1.54) is 15.3 Å². The number of benzene rings is 1. The van der Waals surface area contributed by atoms with Gasteiger partial charge in [0.05, 0.1) is 11.5 Å². The zero-order chi connectivity index (χ0) is 17.7. The average Bonchev–Trinajstić information content (AvgIpc) is 2.60. The topological polar surface area (TPSA) is 77.9 Å². The molecule has 0 radical (unpaired) electrons. The standard InChI is InChI=1S/C17H26N2O4S/c1-3-18(11-12-20)17(21)15-8-7-14(2)16(13-15)24(22,23)19-9-5-4-6-10-19/h7-8,13,20H,3-6,9-12H2,1-2H3. The van der Waals surface area contributed by atoms with Crippen molar-refractivity contribution >= 4 is 15.9 Å². The van der Waals surface area contributed by atoms with E-state index in [4.69, 9.17) is 5.11 Å². The Morgan fingerprint density at radius 2 is 1.92 bits per heavy atom. The van der Waals surface area contributed by atoms with Crippen molar-refractivity contribution in [2.24, 2.45) is 0 Å². The number of hydrogen-bond donors (Lipinski definition) is 1. The van der Waals surface area contributed by atoms with Crippen molar-refractivity contribution in [3.63, 3.8) is 0 Å². The summed E-state index contributed by atoms with van der Waals surface area (Å²) in [6.45, 7) is 5.21. The maximum Gasteiger partial charge on any atom is 0.253 e. The van der Waals surface area contributed by atoms with Crippen LogP contribution in [0.5, 0.6) is 0 Å². The minimum atomic E-state index is -3.58. The second-order valence-corrected chi connectivity index (χ2v) is 7.96. The second kappa shape index (κ2) is 8.09. The van der Waals surface area contributed by atoms with Crippen LogP contribution in [0.25, 0.3) is 0 Å². The number of aliphatic hydroxyl groups excluding tert-OH is 1. The van der Waals surface area contributed by atoms with Gasteiger partial charge < -0.3 is 10.0 Å². The molecule has 1 heterocycles. The third-order valence-electron chi connectivity index (χ3n) is 4.41. The molecule has 0 unspecified atom stereocenters. The Kier molecular flexibility index (Phi) is 6.37. The number of carbonyl (C=O) groups excluding carboxylic acids is 1. The van der Waals surface area contributed by atoms with E-state index in [0.717, 1.165) is 19.3 Å². The highest BCUT2D eigenvalue weighted by molar-refractivity contribution is 7.89. The van der Waals surface area contributed by atoms with E-state index in [2.05, 4.69) is 0 Å². The molecule has 7 heteroatoms. The molecule has 0 spiro atoms. The number of piperidine rings is 1. The van der Waals surface area contributed by atoms with Gasteiger partial charge >= 0.3 is 0 Å². The van der Waals surface area contributed by atoms with Gasteiger partial charge in [0.15, 0.2) is 0 Å². The first-order valence-corrected chi connectivity index (χ1v) is 9.86. The van der Waals surface area contributed by atoms with E-state index >= 15 is 0 Å².